The predicted octanol–water partition coefficient (Wildman–Crippen LogP) is 13.4. The van der Waals surface area contributed by atoms with Crippen LogP contribution in [0.1, 0.15) is 0 Å². The second kappa shape index (κ2) is 12.6. The molecule has 0 aliphatic carbocycles. The van der Waals surface area contributed by atoms with E-state index < -0.39 is 0 Å². The van der Waals surface area contributed by atoms with Crippen LogP contribution in [0.2, 0.25) is 0 Å². The lowest BCUT2D eigenvalue weighted by molar-refractivity contribution is 1.07. The number of fused-ring (bicyclic) bond motifs is 9. The van der Waals surface area contributed by atoms with E-state index in [0.29, 0.717) is 17.5 Å². The Morgan fingerprint density at radius 2 is 0.825 bits per heavy atom. The maximum absolute atomic E-state index is 5.26. The highest BCUT2D eigenvalue weighted by atomic mass is 32.1. The first-order chi connectivity index (χ1) is 28.3. The molecule has 0 unspecified atom stereocenters. The predicted molar refractivity (Wildman–Crippen MR) is 238 cm³/mol. The van der Waals surface area contributed by atoms with Crippen molar-refractivity contribution in [2.24, 2.45) is 0 Å². The fourth-order valence-corrected chi connectivity index (χ4v) is 9.80. The summed E-state index contributed by atoms with van der Waals surface area (Å²) in [6.45, 7) is 0. The molecule has 12 aromatic rings. The van der Waals surface area contributed by atoms with Crippen molar-refractivity contribution in [2.75, 3.05) is 0 Å². The minimum atomic E-state index is 0.644. The van der Waals surface area contributed by atoms with E-state index in [1.165, 1.54) is 47.4 Å². The largest absolute Gasteiger partial charge is 0.309 e. The molecule has 4 heterocycles. The van der Waals surface area contributed by atoms with Crippen molar-refractivity contribution in [1.82, 2.24) is 24.1 Å². The molecule has 4 aromatic heterocycles. The topological polar surface area (TPSA) is 48.5 Å². The third-order valence-corrected chi connectivity index (χ3v) is 12.3. The number of hydrogen-bond donors (Lipinski definition) is 0. The number of rotatable bonds is 5. The van der Waals surface area contributed by atoms with Gasteiger partial charge in [0.05, 0.1) is 22.1 Å². The number of para-hydroxylation sites is 3. The highest BCUT2D eigenvalue weighted by Gasteiger charge is 2.22. The van der Waals surface area contributed by atoms with Crippen molar-refractivity contribution in [2.45, 2.75) is 0 Å². The summed E-state index contributed by atoms with van der Waals surface area (Å²) in [4.78, 5) is 15.6. The molecular weight excluding hydrogens is 715 g/mol. The van der Waals surface area contributed by atoms with E-state index in [9.17, 15) is 0 Å². The van der Waals surface area contributed by atoms with Gasteiger partial charge >= 0.3 is 0 Å². The van der Waals surface area contributed by atoms with Gasteiger partial charge in [-0.2, -0.15) is 0 Å². The monoisotopic (exact) mass is 745 g/mol. The second-order valence-electron chi connectivity index (χ2n) is 14.4. The maximum atomic E-state index is 5.26. The lowest BCUT2D eigenvalue weighted by Crippen LogP contribution is -2.01. The summed E-state index contributed by atoms with van der Waals surface area (Å²) in [6.07, 6.45) is 0. The van der Waals surface area contributed by atoms with E-state index in [4.69, 9.17) is 15.0 Å². The van der Waals surface area contributed by atoms with Crippen molar-refractivity contribution in [3.63, 3.8) is 0 Å². The van der Waals surface area contributed by atoms with E-state index >= 15 is 0 Å². The highest BCUT2D eigenvalue weighted by Crippen LogP contribution is 2.44. The van der Waals surface area contributed by atoms with Gasteiger partial charge in [0.2, 0.25) is 0 Å². The van der Waals surface area contributed by atoms with Crippen LogP contribution in [-0.2, 0) is 0 Å². The number of aromatic nitrogens is 5. The molecule has 8 aromatic carbocycles. The van der Waals surface area contributed by atoms with Gasteiger partial charge in [-0.05, 0) is 54.6 Å². The molecule has 0 aliphatic rings. The third kappa shape index (κ3) is 4.98. The molecule has 0 bridgehead atoms. The second-order valence-corrected chi connectivity index (χ2v) is 15.5. The molecular formula is C51H31N5S. The van der Waals surface area contributed by atoms with Crippen molar-refractivity contribution < 1.29 is 0 Å². The molecule has 5 nitrogen and oxygen atoms in total. The summed E-state index contributed by atoms with van der Waals surface area (Å²) in [5, 5.41) is 7.24. The van der Waals surface area contributed by atoms with Crippen molar-refractivity contribution >= 4 is 75.1 Å². The first-order valence-electron chi connectivity index (χ1n) is 19.1. The van der Waals surface area contributed by atoms with Gasteiger partial charge in [0, 0.05) is 69.8 Å². The standard InChI is InChI=1S/C51H31N5S/c1-4-16-32(17-5-1)49-52-50(33-18-6-2-7-19-33)54-51(53-49)41-28-35(29-47-48(41)38-24-12-15-27-46(38)57-47)56-43-26-14-11-23-37(43)40-30-39-36-22-10-13-25-42(36)55(44(39)31-45(40)56)34-20-8-3-9-21-34/h1-31H. The number of hydrogen-bond acceptors (Lipinski definition) is 4. The van der Waals surface area contributed by atoms with Crippen LogP contribution < -0.4 is 0 Å². The average Bonchev–Trinajstić information content (AvgIpc) is 3.93. The van der Waals surface area contributed by atoms with Crippen LogP contribution in [0.5, 0.6) is 0 Å². The van der Waals surface area contributed by atoms with Crippen LogP contribution in [0.25, 0.3) is 109 Å². The molecule has 266 valence electrons. The molecule has 0 atom stereocenters. The molecule has 12 rings (SSSR count). The lowest BCUT2D eigenvalue weighted by Gasteiger charge is -2.14. The molecule has 0 fully saturated rings. The minimum Gasteiger partial charge on any atom is -0.309 e. The Balaban J connectivity index is 1.19. The first-order valence-corrected chi connectivity index (χ1v) is 19.9. The number of benzene rings is 8. The molecule has 0 saturated carbocycles. The average molecular weight is 746 g/mol. The minimum absolute atomic E-state index is 0.644. The van der Waals surface area contributed by atoms with Crippen molar-refractivity contribution in [3.8, 4) is 45.5 Å². The van der Waals surface area contributed by atoms with Crippen LogP contribution in [0.15, 0.2) is 188 Å². The Kier molecular flexibility index (Phi) is 7.03. The smallest absolute Gasteiger partial charge is 0.164 e. The van der Waals surface area contributed by atoms with Gasteiger partial charge in [-0.15, -0.1) is 11.3 Å². The maximum Gasteiger partial charge on any atom is 0.164 e. The molecule has 0 spiro atoms. The van der Waals surface area contributed by atoms with Crippen molar-refractivity contribution in [1.29, 1.82) is 0 Å². The van der Waals surface area contributed by atoms with Gasteiger partial charge in [0.1, 0.15) is 0 Å². The van der Waals surface area contributed by atoms with Gasteiger partial charge in [-0.25, -0.2) is 15.0 Å². The first kappa shape index (κ1) is 31.9. The summed E-state index contributed by atoms with van der Waals surface area (Å²) in [7, 11) is 0. The zero-order valence-electron chi connectivity index (χ0n) is 30.5. The summed E-state index contributed by atoms with van der Waals surface area (Å²) >= 11 is 1.81. The van der Waals surface area contributed by atoms with E-state index in [1.807, 2.05) is 47.7 Å². The van der Waals surface area contributed by atoms with Crippen LogP contribution in [0.4, 0.5) is 0 Å². The SMILES string of the molecule is c1ccc(-c2nc(-c3ccccc3)nc(-c3cc(-n4c5ccccc5c5cc6c7ccccc7n(-c7ccccc7)c6cc54)cc4sc5ccccc5c34)n2)cc1. The number of nitrogens with zero attached hydrogens (tertiary/aromatic N) is 5. The fraction of sp³-hybridized carbons (Fsp3) is 0. The van der Waals surface area contributed by atoms with Crippen LogP contribution in [-0.4, -0.2) is 24.1 Å². The van der Waals surface area contributed by atoms with E-state index in [-0.39, 0.29) is 0 Å². The molecule has 0 radical (unpaired) electrons. The Morgan fingerprint density at radius 1 is 0.333 bits per heavy atom. The van der Waals surface area contributed by atoms with Gasteiger partial charge in [-0.1, -0.05) is 133 Å². The quantitative estimate of drug-likeness (QED) is 0.176. The molecule has 0 amide bonds. The Hall–Kier alpha value is -7.41. The van der Waals surface area contributed by atoms with Crippen molar-refractivity contribution in [3.05, 3.63) is 188 Å². The highest BCUT2D eigenvalue weighted by molar-refractivity contribution is 7.26. The normalized spacial score (nSPS) is 11.9. The van der Waals surface area contributed by atoms with Gasteiger partial charge < -0.3 is 9.13 Å². The lowest BCUT2D eigenvalue weighted by atomic mass is 10.0. The van der Waals surface area contributed by atoms with E-state index in [0.717, 1.165) is 44.5 Å². The zero-order valence-corrected chi connectivity index (χ0v) is 31.4. The van der Waals surface area contributed by atoms with E-state index in [1.54, 1.807) is 0 Å². The van der Waals surface area contributed by atoms with Crippen LogP contribution in [0.3, 0.4) is 0 Å². The van der Waals surface area contributed by atoms with E-state index in [2.05, 4.69) is 161 Å². The third-order valence-electron chi connectivity index (χ3n) is 11.1. The summed E-state index contributed by atoms with van der Waals surface area (Å²) in [5.41, 5.74) is 9.70. The summed E-state index contributed by atoms with van der Waals surface area (Å²) in [5.74, 6) is 1.93. The molecule has 6 heteroatoms. The fourth-order valence-electron chi connectivity index (χ4n) is 8.64. The van der Waals surface area contributed by atoms with Crippen LogP contribution >= 0.6 is 11.3 Å². The summed E-state index contributed by atoms with van der Waals surface area (Å²) in [6, 6.07) is 66.7. The van der Waals surface area contributed by atoms with Gasteiger partial charge in [0.15, 0.2) is 17.5 Å². The Labute approximate surface area is 331 Å². The molecule has 0 aliphatic heterocycles. The number of thiophene rings is 1. The molecule has 0 saturated heterocycles. The van der Waals surface area contributed by atoms with Gasteiger partial charge in [0.25, 0.3) is 0 Å². The molecule has 0 N–H and O–H groups in total. The Bertz CT molecular complexity index is 3450. The van der Waals surface area contributed by atoms with Gasteiger partial charge in [-0.3, -0.25) is 0 Å². The summed E-state index contributed by atoms with van der Waals surface area (Å²) < 4.78 is 7.23. The van der Waals surface area contributed by atoms with Crippen LogP contribution in [0, 0.1) is 0 Å². The zero-order chi connectivity index (χ0) is 37.5. The Morgan fingerprint density at radius 3 is 1.44 bits per heavy atom. The molecule has 57 heavy (non-hydrogen) atoms.